The lowest BCUT2D eigenvalue weighted by molar-refractivity contribution is -0.116. The second-order valence-electron chi connectivity index (χ2n) is 6.22. The fourth-order valence-corrected chi connectivity index (χ4v) is 2.79. The molecular formula is C21H21F2N3O3. The van der Waals surface area contributed by atoms with Gasteiger partial charge in [0.25, 0.3) is 0 Å². The summed E-state index contributed by atoms with van der Waals surface area (Å²) in [5.74, 6) is -0.161. The summed E-state index contributed by atoms with van der Waals surface area (Å²) in [5.41, 5.74) is 3.26. The molecule has 2 aromatic heterocycles. The summed E-state index contributed by atoms with van der Waals surface area (Å²) in [5, 5.41) is 2.77. The maximum Gasteiger partial charge on any atom is 0.387 e. The van der Waals surface area contributed by atoms with Crippen LogP contribution in [0.1, 0.15) is 23.7 Å². The number of alkyl halides is 2. The molecule has 0 saturated heterocycles. The molecule has 1 N–H and O–H groups in total. The highest BCUT2D eigenvalue weighted by Crippen LogP contribution is 2.30. The topological polar surface area (TPSA) is 64.9 Å². The predicted molar refractivity (Wildman–Crippen MR) is 105 cm³/mol. The fraction of sp³-hybridized carbons (Fsp3) is 0.238. The zero-order valence-corrected chi connectivity index (χ0v) is 16.1. The molecule has 0 saturated carbocycles. The fourth-order valence-electron chi connectivity index (χ4n) is 2.79. The highest BCUT2D eigenvalue weighted by molar-refractivity contribution is 5.91. The second kappa shape index (κ2) is 9.18. The molecule has 1 amide bonds. The maximum atomic E-state index is 12.5. The van der Waals surface area contributed by atoms with Crippen LogP contribution in [0, 0.1) is 6.92 Å². The van der Waals surface area contributed by atoms with Crippen LogP contribution in [0.4, 0.5) is 8.78 Å². The van der Waals surface area contributed by atoms with Crippen molar-refractivity contribution >= 4 is 17.6 Å². The van der Waals surface area contributed by atoms with E-state index in [1.54, 1.807) is 19.1 Å². The number of hydrogen-bond acceptors (Lipinski definition) is 4. The number of imidazole rings is 1. The van der Waals surface area contributed by atoms with E-state index in [9.17, 15) is 13.6 Å². The number of halogens is 2. The van der Waals surface area contributed by atoms with E-state index in [0.29, 0.717) is 12.2 Å². The number of pyridine rings is 1. The van der Waals surface area contributed by atoms with Gasteiger partial charge in [-0.15, -0.1) is 0 Å². The van der Waals surface area contributed by atoms with Crippen LogP contribution in [0.15, 0.2) is 48.8 Å². The van der Waals surface area contributed by atoms with Crippen molar-refractivity contribution in [1.29, 1.82) is 0 Å². The number of amides is 1. The molecule has 6 nitrogen and oxygen atoms in total. The Hall–Kier alpha value is -3.42. The Labute approximate surface area is 166 Å². The Morgan fingerprint density at radius 3 is 2.86 bits per heavy atom. The first kappa shape index (κ1) is 20.3. The van der Waals surface area contributed by atoms with Crippen LogP contribution in [-0.2, 0) is 11.3 Å². The molecule has 0 aliphatic carbocycles. The van der Waals surface area contributed by atoms with E-state index < -0.39 is 6.61 Å². The second-order valence-corrected chi connectivity index (χ2v) is 6.22. The molecule has 1 aromatic carbocycles. The first-order chi connectivity index (χ1) is 14.0. The summed E-state index contributed by atoms with van der Waals surface area (Å²) < 4.78 is 36.6. The molecule has 0 aliphatic rings. The van der Waals surface area contributed by atoms with E-state index >= 15 is 0 Å². The van der Waals surface area contributed by atoms with Gasteiger partial charge in [-0.1, -0.05) is 12.1 Å². The zero-order chi connectivity index (χ0) is 20.8. The highest BCUT2D eigenvalue weighted by atomic mass is 19.3. The van der Waals surface area contributed by atoms with Gasteiger partial charge < -0.3 is 19.2 Å². The Morgan fingerprint density at radius 2 is 2.14 bits per heavy atom. The Morgan fingerprint density at radius 1 is 1.31 bits per heavy atom. The Bertz CT molecular complexity index is 1030. The molecule has 2 heterocycles. The number of fused-ring (bicyclic) bond motifs is 1. The largest absolute Gasteiger partial charge is 0.490 e. The number of nitrogens with one attached hydrogen (secondary N) is 1. The van der Waals surface area contributed by atoms with Crippen molar-refractivity contribution in [1.82, 2.24) is 14.7 Å². The third kappa shape index (κ3) is 5.31. The molecular weight excluding hydrogens is 380 g/mol. The lowest BCUT2D eigenvalue weighted by Gasteiger charge is -2.11. The number of rotatable bonds is 8. The summed E-state index contributed by atoms with van der Waals surface area (Å²) in [6.07, 6.45) is 6.69. The van der Waals surface area contributed by atoms with Crippen LogP contribution >= 0.6 is 0 Å². The number of hydrogen-bond donors (Lipinski definition) is 1. The third-order valence-electron chi connectivity index (χ3n) is 4.08. The molecule has 0 atom stereocenters. The van der Waals surface area contributed by atoms with Gasteiger partial charge in [-0.25, -0.2) is 4.98 Å². The lowest BCUT2D eigenvalue weighted by atomic mass is 10.2. The minimum absolute atomic E-state index is 0.0504. The number of benzene rings is 1. The zero-order valence-electron chi connectivity index (χ0n) is 16.1. The molecule has 0 fully saturated rings. The first-order valence-electron chi connectivity index (χ1n) is 9.07. The summed E-state index contributed by atoms with van der Waals surface area (Å²) in [6, 6.07) is 8.39. The number of carbonyl (C=O) groups excluding carboxylic acids is 1. The number of aryl methyl sites for hydroxylation is 1. The van der Waals surface area contributed by atoms with Gasteiger partial charge in [0.15, 0.2) is 11.5 Å². The van der Waals surface area contributed by atoms with Crippen molar-refractivity contribution < 1.29 is 23.0 Å². The van der Waals surface area contributed by atoms with E-state index in [2.05, 4.69) is 15.0 Å². The van der Waals surface area contributed by atoms with Crippen molar-refractivity contribution in [3.05, 3.63) is 65.6 Å². The molecule has 3 aromatic rings. The standard InChI is InChI=1S/C21H21F2N3O3/c1-3-28-18-11-15(6-8-17(18)29-21(22)23)7-9-19(27)24-12-16-13-26-10-4-5-14(2)20(26)25-16/h4-11,13,21H,3,12H2,1-2H3,(H,24,27)/b9-7+. The first-order valence-corrected chi connectivity index (χ1v) is 9.07. The minimum atomic E-state index is -2.94. The summed E-state index contributed by atoms with van der Waals surface area (Å²) >= 11 is 0. The molecule has 0 spiro atoms. The molecule has 0 bridgehead atoms. The summed E-state index contributed by atoms with van der Waals surface area (Å²) in [6.45, 7) is 1.36. The van der Waals surface area contributed by atoms with Crippen molar-refractivity contribution in [2.24, 2.45) is 0 Å². The number of ether oxygens (including phenoxy) is 2. The van der Waals surface area contributed by atoms with Gasteiger partial charge in [-0.05, 0) is 49.2 Å². The third-order valence-corrected chi connectivity index (χ3v) is 4.08. The number of nitrogens with zero attached hydrogens (tertiary/aromatic N) is 2. The summed E-state index contributed by atoms with van der Waals surface area (Å²) in [4.78, 5) is 16.6. The van der Waals surface area contributed by atoms with Gasteiger partial charge in [0, 0.05) is 18.5 Å². The van der Waals surface area contributed by atoms with E-state index in [0.717, 1.165) is 16.9 Å². The number of carbonyl (C=O) groups is 1. The molecule has 3 rings (SSSR count). The number of aromatic nitrogens is 2. The normalized spacial score (nSPS) is 11.3. The SMILES string of the molecule is CCOc1cc(/C=C/C(=O)NCc2cn3cccc(C)c3n2)ccc1OC(F)F. The van der Waals surface area contributed by atoms with Gasteiger partial charge >= 0.3 is 6.61 Å². The minimum Gasteiger partial charge on any atom is -0.490 e. The molecule has 29 heavy (non-hydrogen) atoms. The van der Waals surface area contributed by atoms with Gasteiger partial charge in [0.05, 0.1) is 18.8 Å². The lowest BCUT2D eigenvalue weighted by Crippen LogP contribution is -2.20. The predicted octanol–water partition coefficient (Wildman–Crippen LogP) is 3.97. The van der Waals surface area contributed by atoms with Crippen LogP contribution in [0.2, 0.25) is 0 Å². The molecule has 0 unspecified atom stereocenters. The maximum absolute atomic E-state index is 12.5. The average molecular weight is 401 g/mol. The van der Waals surface area contributed by atoms with Crippen molar-refractivity contribution in [2.75, 3.05) is 6.61 Å². The molecule has 0 aliphatic heterocycles. The Kier molecular flexibility index (Phi) is 6.43. The van der Waals surface area contributed by atoms with Gasteiger partial charge in [-0.3, -0.25) is 4.79 Å². The van der Waals surface area contributed by atoms with Crippen LogP contribution in [0.3, 0.4) is 0 Å². The molecule has 8 heteroatoms. The summed E-state index contributed by atoms with van der Waals surface area (Å²) in [7, 11) is 0. The monoisotopic (exact) mass is 401 g/mol. The van der Waals surface area contributed by atoms with Gasteiger partial charge in [0.1, 0.15) is 5.65 Å². The van der Waals surface area contributed by atoms with Crippen molar-refractivity contribution in [3.8, 4) is 11.5 Å². The van der Waals surface area contributed by atoms with Crippen molar-refractivity contribution in [3.63, 3.8) is 0 Å². The van der Waals surface area contributed by atoms with Crippen LogP contribution < -0.4 is 14.8 Å². The smallest absolute Gasteiger partial charge is 0.387 e. The van der Waals surface area contributed by atoms with E-state index in [1.165, 1.54) is 18.2 Å². The van der Waals surface area contributed by atoms with Gasteiger partial charge in [0.2, 0.25) is 5.91 Å². The van der Waals surface area contributed by atoms with Crippen LogP contribution in [0.5, 0.6) is 11.5 Å². The van der Waals surface area contributed by atoms with Gasteiger partial charge in [-0.2, -0.15) is 8.78 Å². The molecule has 152 valence electrons. The quantitative estimate of drug-likeness (QED) is 0.580. The van der Waals surface area contributed by atoms with E-state index in [-0.39, 0.29) is 24.0 Å². The van der Waals surface area contributed by atoms with Crippen LogP contribution in [-0.4, -0.2) is 28.5 Å². The van der Waals surface area contributed by atoms with E-state index in [4.69, 9.17) is 4.74 Å². The highest BCUT2D eigenvalue weighted by Gasteiger charge is 2.11. The van der Waals surface area contributed by atoms with Crippen LogP contribution in [0.25, 0.3) is 11.7 Å². The molecule has 0 radical (unpaired) electrons. The Balaban J connectivity index is 1.63. The van der Waals surface area contributed by atoms with E-state index in [1.807, 2.05) is 35.9 Å². The average Bonchev–Trinajstić information content (AvgIpc) is 3.11. The van der Waals surface area contributed by atoms with Crippen molar-refractivity contribution in [2.45, 2.75) is 27.0 Å².